The van der Waals surface area contributed by atoms with Crippen LogP contribution in [-0.4, -0.2) is 31.3 Å². The molecule has 0 fully saturated rings. The van der Waals surface area contributed by atoms with Crippen LogP contribution in [0.2, 0.25) is 0 Å². The van der Waals surface area contributed by atoms with E-state index in [2.05, 4.69) is 15.5 Å². The van der Waals surface area contributed by atoms with Gasteiger partial charge in [-0.3, -0.25) is 0 Å². The maximum absolute atomic E-state index is 10.8. The fraction of sp³-hybridized carbons (Fsp3) is 0.333. The average Bonchev–Trinajstić information content (AvgIpc) is 2.85. The summed E-state index contributed by atoms with van der Waals surface area (Å²) in [5.74, 6) is 0.106. The van der Waals surface area contributed by atoms with Crippen LogP contribution in [0.3, 0.4) is 0 Å². The van der Waals surface area contributed by atoms with E-state index in [4.69, 9.17) is 9.84 Å². The summed E-state index contributed by atoms with van der Waals surface area (Å²) in [6.07, 6.45) is 0.923. The summed E-state index contributed by atoms with van der Waals surface area (Å²) in [6, 6.07) is 6.31. The molecule has 2 rings (SSSR count). The van der Waals surface area contributed by atoms with Crippen LogP contribution in [0, 0.1) is 0 Å². The summed E-state index contributed by atoms with van der Waals surface area (Å²) in [4.78, 5) is 10.8. The Bertz CT molecular complexity index is 568. The minimum atomic E-state index is -0.985. The maximum atomic E-state index is 10.8. The van der Waals surface area contributed by atoms with Gasteiger partial charge < -0.3 is 9.84 Å². The lowest BCUT2D eigenvalue weighted by atomic mass is 10.2. The summed E-state index contributed by atoms with van der Waals surface area (Å²) in [7, 11) is 0. The van der Waals surface area contributed by atoms with Gasteiger partial charge >= 0.3 is 5.97 Å². The highest BCUT2D eigenvalue weighted by Gasteiger charge is 2.07. The maximum Gasteiger partial charge on any atom is 0.335 e. The first-order chi connectivity index (χ1) is 9.20. The van der Waals surface area contributed by atoms with Crippen LogP contribution >= 0.6 is 0 Å². The van der Waals surface area contributed by atoms with Gasteiger partial charge in [-0.1, -0.05) is 13.0 Å². The smallest absolute Gasteiger partial charge is 0.335 e. The highest BCUT2D eigenvalue weighted by atomic mass is 16.5. The van der Waals surface area contributed by atoms with Crippen molar-refractivity contribution in [2.24, 2.45) is 0 Å². The quantitative estimate of drug-likeness (QED) is 0.845. The SMILES string of the molecule is CCCn1nnnc1COc1cccc(C(=O)O)c1. The second kappa shape index (κ2) is 5.94. The van der Waals surface area contributed by atoms with E-state index in [-0.39, 0.29) is 12.2 Å². The Balaban J connectivity index is 2.04. The zero-order chi connectivity index (χ0) is 13.7. The van der Waals surface area contributed by atoms with Crippen molar-refractivity contribution < 1.29 is 14.6 Å². The Morgan fingerprint density at radius 1 is 1.47 bits per heavy atom. The first kappa shape index (κ1) is 13.0. The van der Waals surface area contributed by atoms with Crippen LogP contribution in [0.25, 0.3) is 0 Å². The number of rotatable bonds is 6. The van der Waals surface area contributed by atoms with E-state index in [1.54, 1.807) is 16.8 Å². The van der Waals surface area contributed by atoms with Gasteiger partial charge in [0.25, 0.3) is 0 Å². The Kier molecular flexibility index (Phi) is 4.07. The Hall–Kier alpha value is -2.44. The summed E-state index contributed by atoms with van der Waals surface area (Å²) < 4.78 is 7.17. The van der Waals surface area contributed by atoms with Crippen LogP contribution in [0.5, 0.6) is 5.75 Å². The largest absolute Gasteiger partial charge is 0.486 e. The average molecular weight is 262 g/mol. The topological polar surface area (TPSA) is 90.1 Å². The van der Waals surface area contributed by atoms with Gasteiger partial charge in [-0.2, -0.15) is 0 Å². The molecule has 0 saturated carbocycles. The normalized spacial score (nSPS) is 10.4. The van der Waals surface area contributed by atoms with Crippen LogP contribution in [0.4, 0.5) is 0 Å². The first-order valence-electron chi connectivity index (χ1n) is 5.92. The van der Waals surface area contributed by atoms with Gasteiger partial charge in [0, 0.05) is 6.54 Å². The molecule has 0 spiro atoms. The number of tetrazole rings is 1. The zero-order valence-corrected chi connectivity index (χ0v) is 10.5. The summed E-state index contributed by atoms with van der Waals surface area (Å²) in [5.41, 5.74) is 0.186. The molecule has 0 bridgehead atoms. The van der Waals surface area contributed by atoms with Crippen molar-refractivity contribution in [3.63, 3.8) is 0 Å². The number of carboxylic acid groups (broad SMARTS) is 1. The lowest BCUT2D eigenvalue weighted by Crippen LogP contribution is -2.08. The molecule has 0 atom stereocenters. The molecule has 0 aliphatic heterocycles. The molecular weight excluding hydrogens is 248 g/mol. The second-order valence-corrected chi connectivity index (χ2v) is 3.94. The van der Waals surface area contributed by atoms with Crippen LogP contribution in [-0.2, 0) is 13.2 Å². The van der Waals surface area contributed by atoms with E-state index in [1.807, 2.05) is 6.92 Å². The molecule has 1 aromatic heterocycles. The number of aromatic nitrogens is 4. The molecule has 0 saturated heterocycles. The van der Waals surface area contributed by atoms with E-state index in [1.165, 1.54) is 12.1 Å². The Morgan fingerprint density at radius 3 is 3.05 bits per heavy atom. The van der Waals surface area contributed by atoms with Gasteiger partial charge in [-0.25, -0.2) is 9.48 Å². The van der Waals surface area contributed by atoms with Crippen molar-refractivity contribution in [1.82, 2.24) is 20.2 Å². The highest BCUT2D eigenvalue weighted by Crippen LogP contribution is 2.14. The monoisotopic (exact) mass is 262 g/mol. The molecule has 19 heavy (non-hydrogen) atoms. The molecule has 0 radical (unpaired) electrons. The minimum Gasteiger partial charge on any atom is -0.486 e. The van der Waals surface area contributed by atoms with Gasteiger partial charge in [0.1, 0.15) is 12.4 Å². The van der Waals surface area contributed by atoms with Crippen LogP contribution in [0.15, 0.2) is 24.3 Å². The molecule has 0 unspecified atom stereocenters. The van der Waals surface area contributed by atoms with Gasteiger partial charge in [0.2, 0.25) is 0 Å². The van der Waals surface area contributed by atoms with Gasteiger partial charge in [-0.15, -0.1) is 5.10 Å². The number of carbonyl (C=O) groups is 1. The number of ether oxygens (including phenoxy) is 1. The molecule has 1 aromatic carbocycles. The molecule has 0 amide bonds. The number of benzene rings is 1. The predicted molar refractivity (Wildman–Crippen MR) is 65.8 cm³/mol. The molecular formula is C12H14N4O3. The molecule has 0 aliphatic carbocycles. The van der Waals surface area contributed by atoms with Crippen molar-refractivity contribution in [2.45, 2.75) is 26.5 Å². The number of hydrogen-bond donors (Lipinski definition) is 1. The van der Waals surface area contributed by atoms with E-state index >= 15 is 0 Å². The molecule has 7 nitrogen and oxygen atoms in total. The molecule has 1 heterocycles. The summed E-state index contributed by atoms with van der Waals surface area (Å²) in [6.45, 7) is 2.96. The van der Waals surface area contributed by atoms with Crippen molar-refractivity contribution in [3.8, 4) is 5.75 Å². The van der Waals surface area contributed by atoms with Gasteiger partial charge in [0.05, 0.1) is 5.56 Å². The lowest BCUT2D eigenvalue weighted by Gasteiger charge is -2.06. The van der Waals surface area contributed by atoms with Gasteiger partial charge in [-0.05, 0) is 35.0 Å². The van der Waals surface area contributed by atoms with E-state index in [0.717, 1.165) is 13.0 Å². The van der Waals surface area contributed by atoms with Crippen molar-refractivity contribution in [3.05, 3.63) is 35.7 Å². The van der Waals surface area contributed by atoms with Crippen molar-refractivity contribution >= 4 is 5.97 Å². The summed E-state index contributed by atoms with van der Waals surface area (Å²) >= 11 is 0. The zero-order valence-electron chi connectivity index (χ0n) is 10.5. The fourth-order valence-corrected chi connectivity index (χ4v) is 1.58. The third-order valence-corrected chi connectivity index (χ3v) is 2.49. The standard InChI is InChI=1S/C12H14N4O3/c1-2-6-16-11(13-14-15-16)8-19-10-5-3-4-9(7-10)12(17)18/h3-5,7H,2,6,8H2,1H3,(H,17,18). The Labute approximate surface area is 109 Å². The molecule has 100 valence electrons. The fourth-order valence-electron chi connectivity index (χ4n) is 1.58. The number of aromatic carboxylic acids is 1. The third kappa shape index (κ3) is 3.27. The van der Waals surface area contributed by atoms with E-state index < -0.39 is 5.97 Å². The third-order valence-electron chi connectivity index (χ3n) is 2.49. The molecule has 0 aliphatic rings. The predicted octanol–water partition coefficient (Wildman–Crippen LogP) is 1.36. The van der Waals surface area contributed by atoms with E-state index in [9.17, 15) is 4.79 Å². The number of hydrogen-bond acceptors (Lipinski definition) is 5. The van der Waals surface area contributed by atoms with Crippen molar-refractivity contribution in [1.29, 1.82) is 0 Å². The van der Waals surface area contributed by atoms with Crippen molar-refractivity contribution in [2.75, 3.05) is 0 Å². The molecule has 2 aromatic rings. The van der Waals surface area contributed by atoms with E-state index in [0.29, 0.717) is 11.6 Å². The Morgan fingerprint density at radius 2 is 2.32 bits per heavy atom. The number of carboxylic acids is 1. The highest BCUT2D eigenvalue weighted by molar-refractivity contribution is 5.87. The number of aryl methyl sites for hydroxylation is 1. The molecule has 1 N–H and O–H groups in total. The second-order valence-electron chi connectivity index (χ2n) is 3.94. The van der Waals surface area contributed by atoms with Crippen LogP contribution < -0.4 is 4.74 Å². The minimum absolute atomic E-state index is 0.186. The van der Waals surface area contributed by atoms with Gasteiger partial charge in [0.15, 0.2) is 5.82 Å². The first-order valence-corrected chi connectivity index (χ1v) is 5.92. The van der Waals surface area contributed by atoms with Crippen LogP contribution in [0.1, 0.15) is 29.5 Å². The number of nitrogens with zero attached hydrogens (tertiary/aromatic N) is 4. The molecule has 7 heteroatoms. The lowest BCUT2D eigenvalue weighted by molar-refractivity contribution is 0.0696. The summed E-state index contributed by atoms with van der Waals surface area (Å²) in [5, 5.41) is 20.2.